The summed E-state index contributed by atoms with van der Waals surface area (Å²) in [5.74, 6) is -8.41. The van der Waals surface area contributed by atoms with Crippen molar-refractivity contribution in [3.63, 3.8) is 0 Å². The minimum absolute atomic E-state index is 0.0111. The Labute approximate surface area is 445 Å². The molecule has 1 aliphatic rings. The van der Waals surface area contributed by atoms with Crippen LogP contribution in [0.15, 0.2) is 83.3 Å². The van der Waals surface area contributed by atoms with Crippen LogP contribution in [0.5, 0.6) is 0 Å². The Kier molecular flexibility index (Phi) is 23.1. The van der Waals surface area contributed by atoms with E-state index in [1.165, 1.54) is 19.4 Å². The first-order valence-corrected chi connectivity index (χ1v) is 25.6. The molecule has 1 aliphatic heterocycles. The SMILES string of the molecule is CC(=O)N[C@@H](CCCN=C(N)N)C(=O)N[C@H]1CCCC(=O)NCC[C@@H](C(N)=O)NC(=O)[C@H](Cc2c[nH]c3ccccc23)CC(=O)[C@H](CCCN=C(N)N)CC(=O)[C@@H](Cc2ccccc2)NC(=O)[C@H](Cc2cnc[nH]2)NC1=O. The number of carbonyl (C=O) groups is 9. The first-order valence-electron chi connectivity index (χ1n) is 25.6. The average Bonchev–Trinajstić information content (AvgIpc) is 4.07. The molecule has 7 atom stereocenters. The second kappa shape index (κ2) is 30.0. The zero-order valence-corrected chi connectivity index (χ0v) is 43.2. The largest absolute Gasteiger partial charge is 0.370 e. The number of ketones is 2. The van der Waals surface area contributed by atoms with Crippen LogP contribution >= 0.6 is 0 Å². The Morgan fingerprint density at radius 1 is 0.740 bits per heavy atom. The number of aromatic amines is 2. The number of nitrogens with one attached hydrogen (secondary N) is 8. The highest BCUT2D eigenvalue weighted by Gasteiger charge is 2.35. The number of amides is 7. The lowest BCUT2D eigenvalue weighted by Crippen LogP contribution is -2.58. The molecular weight excluding hydrogens is 993 g/mol. The summed E-state index contributed by atoms with van der Waals surface area (Å²) in [6.07, 6.45) is 3.91. The lowest BCUT2D eigenvalue weighted by Gasteiger charge is -2.27. The standard InChI is InChI=1S/C52H72N16O9/c1-30(69)64-39(16-9-20-61-52(56)57)48(75)66-40-15-7-17-45(72)59-21-18-38(46(53)73)65-47(74)33(23-34-27-62-37-14-6-5-13-36(34)37)25-43(70)32(12-8-19-60-51(54)55)24-44(71)41(22-31-10-3-2-4-11-31)67-50(77)42(68-49(40)76)26-35-28-58-29-63-35/h2-6,10-11,13-14,27-29,32-33,38-42,62H,7-9,12,15-26H2,1H3,(H2,53,73)(H,58,63)(H,59,72)(H,64,69)(H,65,74)(H,66,75)(H,67,77)(H,68,76)(H4,54,55,60)(H4,56,57,61)/t32-,33-,38+,39+,40+,41-,42+/m1/s1. The number of Topliss-reactive ketones (excluding diaryl/α,β-unsaturated/α-hetero) is 2. The summed E-state index contributed by atoms with van der Waals surface area (Å²) >= 11 is 0. The number of imidazole rings is 1. The third-order valence-electron chi connectivity index (χ3n) is 13.1. The molecule has 0 radical (unpaired) electrons. The van der Waals surface area contributed by atoms with Crippen LogP contribution in [0.1, 0.15) is 88.0 Å². The topological polar surface area (TPSA) is 425 Å². The molecule has 5 rings (SSSR count). The van der Waals surface area contributed by atoms with Crippen molar-refractivity contribution in [1.82, 2.24) is 46.9 Å². The van der Waals surface area contributed by atoms with Crippen molar-refractivity contribution in [1.29, 1.82) is 0 Å². The number of fused-ring (bicyclic) bond motifs is 1. The highest BCUT2D eigenvalue weighted by molar-refractivity contribution is 5.98. The number of hydrogen-bond acceptors (Lipinski definition) is 12. The van der Waals surface area contributed by atoms with Crippen LogP contribution in [0.3, 0.4) is 0 Å². The number of nitrogens with zero attached hydrogens (tertiary/aromatic N) is 3. The first-order chi connectivity index (χ1) is 36.9. The lowest BCUT2D eigenvalue weighted by molar-refractivity contribution is -0.135. The van der Waals surface area contributed by atoms with Crippen molar-refractivity contribution in [2.75, 3.05) is 19.6 Å². The zero-order valence-electron chi connectivity index (χ0n) is 43.2. The molecule has 2 aromatic carbocycles. The molecule has 7 amide bonds. The molecule has 4 aromatic rings. The second-order valence-corrected chi connectivity index (χ2v) is 19.1. The van der Waals surface area contributed by atoms with E-state index in [1.54, 1.807) is 36.5 Å². The number of guanidine groups is 2. The molecule has 77 heavy (non-hydrogen) atoms. The fourth-order valence-corrected chi connectivity index (χ4v) is 9.05. The van der Waals surface area contributed by atoms with Gasteiger partial charge in [0, 0.05) is 93.1 Å². The summed E-state index contributed by atoms with van der Waals surface area (Å²) in [5.41, 5.74) is 30.5. The van der Waals surface area contributed by atoms with E-state index in [0.717, 1.165) is 10.9 Å². The Morgan fingerprint density at radius 2 is 1.43 bits per heavy atom. The number of aromatic nitrogens is 3. The van der Waals surface area contributed by atoms with Crippen molar-refractivity contribution < 1.29 is 43.2 Å². The number of para-hydroxylation sites is 1. The molecule has 0 unspecified atom stereocenters. The van der Waals surface area contributed by atoms with Gasteiger partial charge in [-0.05, 0) is 75.0 Å². The van der Waals surface area contributed by atoms with Gasteiger partial charge in [0.2, 0.25) is 41.4 Å². The van der Waals surface area contributed by atoms with Crippen LogP contribution in [-0.2, 0) is 62.4 Å². The maximum absolute atomic E-state index is 14.9. The van der Waals surface area contributed by atoms with Crippen molar-refractivity contribution >= 4 is 75.7 Å². The van der Waals surface area contributed by atoms with E-state index in [2.05, 4.69) is 56.8 Å². The summed E-state index contributed by atoms with van der Waals surface area (Å²) in [4.78, 5) is 144. The summed E-state index contributed by atoms with van der Waals surface area (Å²) < 4.78 is 0. The second-order valence-electron chi connectivity index (χ2n) is 19.1. The maximum atomic E-state index is 14.9. The third-order valence-corrected chi connectivity index (χ3v) is 13.1. The molecule has 25 nitrogen and oxygen atoms in total. The van der Waals surface area contributed by atoms with Gasteiger partial charge in [-0.15, -0.1) is 0 Å². The van der Waals surface area contributed by atoms with Gasteiger partial charge >= 0.3 is 0 Å². The summed E-state index contributed by atoms with van der Waals surface area (Å²) in [7, 11) is 0. The number of nitrogens with two attached hydrogens (primary N) is 5. The van der Waals surface area contributed by atoms with Crippen LogP contribution in [-0.4, -0.2) is 130 Å². The highest BCUT2D eigenvalue weighted by Crippen LogP contribution is 2.26. The molecule has 0 bridgehead atoms. The monoisotopic (exact) mass is 1060 g/mol. The van der Waals surface area contributed by atoms with Crippen LogP contribution in [0.25, 0.3) is 10.9 Å². The highest BCUT2D eigenvalue weighted by atomic mass is 16.2. The van der Waals surface area contributed by atoms with Crippen molar-refractivity contribution in [3.8, 4) is 0 Å². The minimum Gasteiger partial charge on any atom is -0.370 e. The van der Waals surface area contributed by atoms with Gasteiger partial charge < -0.3 is 70.5 Å². The maximum Gasteiger partial charge on any atom is 0.243 e. The van der Waals surface area contributed by atoms with Crippen molar-refractivity contribution in [2.45, 2.75) is 121 Å². The molecule has 3 heterocycles. The number of rotatable bonds is 18. The summed E-state index contributed by atoms with van der Waals surface area (Å²) in [6, 6.07) is 9.76. The predicted molar refractivity (Wildman–Crippen MR) is 286 cm³/mol. The number of H-pyrrole nitrogens is 2. The molecule has 1 saturated heterocycles. The smallest absolute Gasteiger partial charge is 0.243 e. The molecule has 0 saturated carbocycles. The number of hydrogen-bond donors (Lipinski definition) is 13. The Balaban J connectivity index is 1.54. The van der Waals surface area contributed by atoms with Gasteiger partial charge in [-0.3, -0.25) is 53.1 Å². The van der Waals surface area contributed by atoms with Crippen molar-refractivity contribution in [3.05, 3.63) is 90.1 Å². The lowest BCUT2D eigenvalue weighted by atomic mass is 9.83. The van der Waals surface area contributed by atoms with Crippen LogP contribution in [0.2, 0.25) is 0 Å². The van der Waals surface area contributed by atoms with Gasteiger partial charge in [0.25, 0.3) is 0 Å². The van der Waals surface area contributed by atoms with E-state index in [0.29, 0.717) is 16.8 Å². The molecule has 0 aliphatic carbocycles. The van der Waals surface area contributed by atoms with Gasteiger partial charge in [0.15, 0.2) is 17.7 Å². The van der Waals surface area contributed by atoms with Gasteiger partial charge in [-0.2, -0.15) is 0 Å². The molecule has 1 fully saturated rings. The number of carbonyl (C=O) groups excluding carboxylic acids is 9. The minimum atomic E-state index is -1.40. The molecule has 25 heteroatoms. The fourth-order valence-electron chi connectivity index (χ4n) is 9.05. The average molecular weight is 1070 g/mol. The first kappa shape index (κ1) is 59.2. The van der Waals surface area contributed by atoms with Gasteiger partial charge in [-0.25, -0.2) is 4.98 Å². The quantitative estimate of drug-likeness (QED) is 0.0316. The Hall–Kier alpha value is -8.64. The number of benzene rings is 2. The van der Waals surface area contributed by atoms with Crippen LogP contribution in [0.4, 0.5) is 0 Å². The Bertz CT molecular complexity index is 2720. The van der Waals surface area contributed by atoms with E-state index in [1.807, 2.05) is 24.3 Å². The van der Waals surface area contributed by atoms with E-state index >= 15 is 0 Å². The van der Waals surface area contributed by atoms with Crippen molar-refractivity contribution in [2.24, 2.45) is 50.5 Å². The van der Waals surface area contributed by atoms with E-state index in [9.17, 15) is 43.2 Å². The number of aliphatic imine (C=N–C) groups is 2. The molecule has 0 spiro atoms. The van der Waals surface area contributed by atoms with Crippen LogP contribution in [0, 0.1) is 11.8 Å². The van der Waals surface area contributed by atoms with Gasteiger partial charge in [0.05, 0.1) is 12.4 Å². The zero-order chi connectivity index (χ0) is 55.9. The van der Waals surface area contributed by atoms with Gasteiger partial charge in [-0.1, -0.05) is 48.5 Å². The molecular formula is C52H72N16O9. The summed E-state index contributed by atoms with van der Waals surface area (Å²) in [6.45, 7) is 1.35. The molecule has 18 N–H and O–H groups in total. The third kappa shape index (κ3) is 19.9. The number of primary amides is 1. The van der Waals surface area contributed by atoms with E-state index in [4.69, 9.17) is 28.7 Å². The molecule has 414 valence electrons. The fraction of sp³-hybridized carbons (Fsp3) is 0.462. The predicted octanol–water partition coefficient (Wildman–Crippen LogP) is -1.20. The van der Waals surface area contributed by atoms with Gasteiger partial charge in [0.1, 0.15) is 30.0 Å². The molecule has 2 aromatic heterocycles. The van der Waals surface area contributed by atoms with Crippen LogP contribution < -0.4 is 60.6 Å². The summed E-state index contributed by atoms with van der Waals surface area (Å²) in [5, 5.41) is 17.1. The normalized spacial score (nSPS) is 21.1. The Morgan fingerprint density at radius 3 is 2.12 bits per heavy atom. The van der Waals surface area contributed by atoms with E-state index in [-0.39, 0.29) is 109 Å². The van der Waals surface area contributed by atoms with E-state index < -0.39 is 101 Å².